The number of Topliss-reactive ketones (excluding diaryl/α,β-unsaturated/α-hetero) is 1. The maximum absolute atomic E-state index is 13.5. The lowest BCUT2D eigenvalue weighted by molar-refractivity contribution is 0.0991. The largest absolute Gasteiger partial charge is 0.294 e. The standard InChI is InChI=1S/C17H15BrF2O/c1-9-6-10(2)13(11(3)7-9)8-15(21)12-4-5-14(19)17(20)16(12)18/h4-7H,8H2,1-3H3. The van der Waals surface area contributed by atoms with E-state index in [1.54, 1.807) is 0 Å². The Kier molecular flexibility index (Phi) is 4.57. The lowest BCUT2D eigenvalue weighted by Gasteiger charge is -2.12. The minimum Gasteiger partial charge on any atom is -0.294 e. The van der Waals surface area contributed by atoms with Crippen molar-refractivity contribution in [3.05, 3.63) is 68.2 Å². The third-order valence-corrected chi connectivity index (χ3v) is 4.29. The topological polar surface area (TPSA) is 17.1 Å². The fourth-order valence-corrected chi connectivity index (χ4v) is 3.03. The molecule has 0 N–H and O–H groups in total. The average molecular weight is 353 g/mol. The summed E-state index contributed by atoms with van der Waals surface area (Å²) in [7, 11) is 0. The molecule has 0 aromatic heterocycles. The number of hydrogen-bond acceptors (Lipinski definition) is 1. The molecule has 2 rings (SSSR count). The Morgan fingerprint density at radius 2 is 1.67 bits per heavy atom. The van der Waals surface area contributed by atoms with Crippen molar-refractivity contribution in [3.8, 4) is 0 Å². The van der Waals surface area contributed by atoms with Crippen LogP contribution >= 0.6 is 15.9 Å². The van der Waals surface area contributed by atoms with Crippen molar-refractivity contribution in [3.63, 3.8) is 0 Å². The Labute approximate surface area is 131 Å². The first-order valence-corrected chi connectivity index (χ1v) is 7.34. The highest BCUT2D eigenvalue weighted by Crippen LogP contribution is 2.25. The molecule has 0 amide bonds. The average Bonchev–Trinajstić information content (AvgIpc) is 2.40. The molecule has 0 bridgehead atoms. The summed E-state index contributed by atoms with van der Waals surface area (Å²) in [5.41, 5.74) is 4.28. The van der Waals surface area contributed by atoms with Crippen LogP contribution in [-0.4, -0.2) is 5.78 Å². The molecule has 4 heteroatoms. The second-order valence-corrected chi connectivity index (χ2v) is 5.99. The molecule has 0 saturated carbocycles. The number of halogens is 3. The highest BCUT2D eigenvalue weighted by atomic mass is 79.9. The third-order valence-electron chi connectivity index (χ3n) is 3.51. The number of carbonyl (C=O) groups excluding carboxylic acids is 1. The predicted molar refractivity (Wildman–Crippen MR) is 82.7 cm³/mol. The molecular formula is C17H15BrF2O. The molecule has 0 unspecified atom stereocenters. The molecule has 0 fully saturated rings. The smallest absolute Gasteiger partial charge is 0.173 e. The SMILES string of the molecule is Cc1cc(C)c(CC(=O)c2ccc(F)c(F)c2Br)c(C)c1. The Balaban J connectivity index is 2.38. The van der Waals surface area contributed by atoms with Crippen LogP contribution in [0.15, 0.2) is 28.7 Å². The Morgan fingerprint density at radius 1 is 1.10 bits per heavy atom. The van der Waals surface area contributed by atoms with Crippen molar-refractivity contribution >= 4 is 21.7 Å². The first-order valence-electron chi connectivity index (χ1n) is 6.54. The van der Waals surface area contributed by atoms with E-state index < -0.39 is 11.6 Å². The zero-order valence-corrected chi connectivity index (χ0v) is 13.6. The summed E-state index contributed by atoms with van der Waals surface area (Å²) in [5.74, 6) is -2.24. The molecule has 0 heterocycles. The van der Waals surface area contributed by atoms with Gasteiger partial charge in [0.05, 0.1) is 4.47 Å². The number of carbonyl (C=O) groups is 1. The maximum Gasteiger partial charge on any atom is 0.173 e. The van der Waals surface area contributed by atoms with E-state index in [4.69, 9.17) is 0 Å². The fraction of sp³-hybridized carbons (Fsp3) is 0.235. The molecule has 0 aliphatic heterocycles. The van der Waals surface area contributed by atoms with Crippen LogP contribution in [-0.2, 0) is 6.42 Å². The van der Waals surface area contributed by atoms with E-state index in [1.165, 1.54) is 6.07 Å². The molecule has 0 saturated heterocycles. The molecule has 0 radical (unpaired) electrons. The van der Waals surface area contributed by atoms with E-state index in [1.807, 2.05) is 32.9 Å². The summed E-state index contributed by atoms with van der Waals surface area (Å²) >= 11 is 2.96. The minimum atomic E-state index is -1.03. The fourth-order valence-electron chi connectivity index (χ4n) is 2.49. The third kappa shape index (κ3) is 3.21. The van der Waals surface area contributed by atoms with Crippen molar-refractivity contribution in [2.75, 3.05) is 0 Å². The summed E-state index contributed by atoms with van der Waals surface area (Å²) in [6.45, 7) is 5.89. The van der Waals surface area contributed by atoms with E-state index in [0.29, 0.717) is 0 Å². The van der Waals surface area contributed by atoms with Gasteiger partial charge in [-0.3, -0.25) is 4.79 Å². The molecule has 2 aromatic rings. The normalized spacial score (nSPS) is 10.8. The van der Waals surface area contributed by atoms with Gasteiger partial charge in [0.15, 0.2) is 17.4 Å². The van der Waals surface area contributed by atoms with Gasteiger partial charge in [-0.1, -0.05) is 17.7 Å². The summed E-state index contributed by atoms with van der Waals surface area (Å²) in [6.07, 6.45) is 0.168. The van der Waals surface area contributed by atoms with E-state index >= 15 is 0 Å². The lowest BCUT2D eigenvalue weighted by atomic mass is 9.94. The Morgan fingerprint density at radius 3 is 2.24 bits per heavy atom. The zero-order valence-electron chi connectivity index (χ0n) is 12.1. The van der Waals surface area contributed by atoms with Gasteiger partial charge in [-0.15, -0.1) is 0 Å². The number of rotatable bonds is 3. The van der Waals surface area contributed by atoms with E-state index in [9.17, 15) is 13.6 Å². The number of aryl methyl sites for hydroxylation is 3. The van der Waals surface area contributed by atoms with Gasteiger partial charge in [-0.25, -0.2) is 8.78 Å². The number of hydrogen-bond donors (Lipinski definition) is 0. The molecule has 0 aliphatic rings. The molecule has 21 heavy (non-hydrogen) atoms. The number of benzene rings is 2. The summed E-state index contributed by atoms with van der Waals surface area (Å²) in [5, 5.41) is 0. The Hall–Kier alpha value is -1.55. The van der Waals surface area contributed by atoms with Gasteiger partial charge in [0.25, 0.3) is 0 Å². The van der Waals surface area contributed by atoms with Crippen molar-refractivity contribution in [1.29, 1.82) is 0 Å². The van der Waals surface area contributed by atoms with E-state index in [-0.39, 0.29) is 22.2 Å². The van der Waals surface area contributed by atoms with Crippen LogP contribution in [0.2, 0.25) is 0 Å². The van der Waals surface area contributed by atoms with Gasteiger partial charge < -0.3 is 0 Å². The van der Waals surface area contributed by atoms with Crippen LogP contribution in [0.4, 0.5) is 8.78 Å². The highest BCUT2D eigenvalue weighted by Gasteiger charge is 2.18. The van der Waals surface area contributed by atoms with Crippen LogP contribution in [0.25, 0.3) is 0 Å². The van der Waals surface area contributed by atoms with Gasteiger partial charge in [0.1, 0.15) is 0 Å². The molecule has 1 nitrogen and oxygen atoms in total. The molecule has 2 aromatic carbocycles. The molecule has 0 atom stereocenters. The van der Waals surface area contributed by atoms with Crippen molar-refractivity contribution in [1.82, 2.24) is 0 Å². The minimum absolute atomic E-state index is 0.116. The summed E-state index contributed by atoms with van der Waals surface area (Å²) in [4.78, 5) is 12.4. The van der Waals surface area contributed by atoms with Crippen LogP contribution in [0, 0.1) is 32.4 Å². The van der Waals surface area contributed by atoms with Gasteiger partial charge >= 0.3 is 0 Å². The number of ketones is 1. The van der Waals surface area contributed by atoms with Crippen molar-refractivity contribution in [2.45, 2.75) is 27.2 Å². The maximum atomic E-state index is 13.5. The highest BCUT2D eigenvalue weighted by molar-refractivity contribution is 9.10. The summed E-state index contributed by atoms with van der Waals surface area (Å²) in [6, 6.07) is 6.30. The van der Waals surface area contributed by atoms with Crippen LogP contribution in [0.5, 0.6) is 0 Å². The molecule has 0 spiro atoms. The second-order valence-electron chi connectivity index (χ2n) is 5.20. The quantitative estimate of drug-likeness (QED) is 0.556. The first kappa shape index (κ1) is 15.8. The van der Waals surface area contributed by atoms with E-state index in [2.05, 4.69) is 15.9 Å². The molecule has 0 aliphatic carbocycles. The predicted octanol–water partition coefficient (Wildman–Crippen LogP) is 5.08. The first-order chi connectivity index (χ1) is 9.81. The molecular weight excluding hydrogens is 338 g/mol. The zero-order chi connectivity index (χ0) is 15.7. The van der Waals surface area contributed by atoms with Crippen molar-refractivity contribution < 1.29 is 13.6 Å². The lowest BCUT2D eigenvalue weighted by Crippen LogP contribution is -2.09. The van der Waals surface area contributed by atoms with E-state index in [0.717, 1.165) is 28.3 Å². The van der Waals surface area contributed by atoms with Gasteiger partial charge in [-0.2, -0.15) is 0 Å². The summed E-state index contributed by atoms with van der Waals surface area (Å²) < 4.78 is 26.5. The van der Waals surface area contributed by atoms with Crippen molar-refractivity contribution in [2.24, 2.45) is 0 Å². The van der Waals surface area contributed by atoms with Gasteiger partial charge in [0.2, 0.25) is 0 Å². The van der Waals surface area contributed by atoms with Gasteiger partial charge in [0, 0.05) is 12.0 Å². The van der Waals surface area contributed by atoms with Crippen LogP contribution in [0.1, 0.15) is 32.6 Å². The van der Waals surface area contributed by atoms with Gasteiger partial charge in [-0.05, 0) is 65.5 Å². The van der Waals surface area contributed by atoms with Crippen LogP contribution < -0.4 is 0 Å². The Bertz CT molecular complexity index is 700. The second kappa shape index (κ2) is 6.06. The molecule has 110 valence electrons. The van der Waals surface area contributed by atoms with Crippen LogP contribution in [0.3, 0.4) is 0 Å². The monoisotopic (exact) mass is 352 g/mol.